The first-order chi connectivity index (χ1) is 11.0. The fourth-order valence-electron chi connectivity index (χ4n) is 2.17. The largest absolute Gasteiger partial charge is 0.342 e. The van der Waals surface area contributed by atoms with Gasteiger partial charge in [-0.2, -0.15) is 0 Å². The summed E-state index contributed by atoms with van der Waals surface area (Å²) in [6, 6.07) is 9.71. The molecule has 0 aliphatic rings. The highest BCUT2D eigenvalue weighted by Gasteiger charge is 2.11. The van der Waals surface area contributed by atoms with Crippen LogP contribution in [0.5, 0.6) is 0 Å². The van der Waals surface area contributed by atoms with Gasteiger partial charge in [0, 0.05) is 24.3 Å². The second-order valence-corrected chi connectivity index (χ2v) is 6.48. The Hall–Kier alpha value is -1.88. The summed E-state index contributed by atoms with van der Waals surface area (Å²) in [5, 5.41) is 3.25. The van der Waals surface area contributed by atoms with Crippen molar-refractivity contribution in [1.82, 2.24) is 9.88 Å². The van der Waals surface area contributed by atoms with E-state index in [0.717, 1.165) is 29.5 Å². The normalized spacial score (nSPS) is 10.4. The number of benzene rings is 1. The van der Waals surface area contributed by atoms with Crippen molar-refractivity contribution in [2.75, 3.05) is 18.9 Å². The molecule has 0 spiro atoms. The van der Waals surface area contributed by atoms with E-state index in [1.807, 2.05) is 44.3 Å². The Kier molecular flexibility index (Phi) is 6.16. The van der Waals surface area contributed by atoms with Crippen molar-refractivity contribution >= 4 is 33.3 Å². The molecule has 1 amide bonds. The molecule has 0 radical (unpaired) electrons. The molecule has 1 aromatic heterocycles. The minimum atomic E-state index is 0.00835. The summed E-state index contributed by atoms with van der Waals surface area (Å²) in [6.07, 6.45) is 3.70. The number of carbonyl (C=O) groups excluding carboxylic acids is 1. The molecule has 0 saturated carbocycles. The van der Waals surface area contributed by atoms with Gasteiger partial charge in [0.15, 0.2) is 0 Å². The summed E-state index contributed by atoms with van der Waals surface area (Å²) in [4.78, 5) is 18.4. The molecule has 1 heterocycles. The van der Waals surface area contributed by atoms with Crippen LogP contribution in [0.4, 0.5) is 11.5 Å². The van der Waals surface area contributed by atoms with Gasteiger partial charge in [0.1, 0.15) is 5.82 Å². The third kappa shape index (κ3) is 4.79. The van der Waals surface area contributed by atoms with Crippen LogP contribution in [0.3, 0.4) is 0 Å². The zero-order chi connectivity index (χ0) is 16.8. The van der Waals surface area contributed by atoms with E-state index in [2.05, 4.69) is 33.2 Å². The zero-order valence-electron chi connectivity index (χ0n) is 13.8. The highest BCUT2D eigenvalue weighted by molar-refractivity contribution is 9.10. The lowest BCUT2D eigenvalue weighted by Crippen LogP contribution is -2.27. The summed E-state index contributed by atoms with van der Waals surface area (Å²) in [5.41, 5.74) is 2.74. The summed E-state index contributed by atoms with van der Waals surface area (Å²) in [6.45, 7) is 4.93. The molecule has 0 fully saturated rings. The van der Waals surface area contributed by atoms with Crippen molar-refractivity contribution in [2.24, 2.45) is 0 Å². The van der Waals surface area contributed by atoms with Crippen LogP contribution in [0.25, 0.3) is 0 Å². The van der Waals surface area contributed by atoms with Gasteiger partial charge in [-0.3, -0.25) is 4.79 Å². The molecule has 0 aliphatic carbocycles. The quantitative estimate of drug-likeness (QED) is 0.790. The Morgan fingerprint density at radius 3 is 2.70 bits per heavy atom. The van der Waals surface area contributed by atoms with Crippen LogP contribution >= 0.6 is 15.9 Å². The predicted molar refractivity (Wildman–Crippen MR) is 98.3 cm³/mol. The minimum Gasteiger partial charge on any atom is -0.342 e. The number of anilines is 2. The molecule has 23 heavy (non-hydrogen) atoms. The smallest absolute Gasteiger partial charge is 0.255 e. The number of pyridine rings is 1. The number of aromatic nitrogens is 1. The molecule has 4 nitrogen and oxygen atoms in total. The summed E-state index contributed by atoms with van der Waals surface area (Å²) >= 11 is 3.53. The highest BCUT2D eigenvalue weighted by atomic mass is 79.9. The van der Waals surface area contributed by atoms with Crippen LogP contribution in [0.1, 0.15) is 35.7 Å². The van der Waals surface area contributed by atoms with E-state index in [-0.39, 0.29) is 5.91 Å². The number of unbranched alkanes of at least 4 members (excludes halogenated alkanes) is 1. The number of nitrogens with one attached hydrogen (secondary N) is 1. The number of nitrogens with zero attached hydrogens (tertiary/aromatic N) is 2. The van der Waals surface area contributed by atoms with Crippen molar-refractivity contribution in [2.45, 2.75) is 26.7 Å². The molecular weight excluding hydrogens is 354 g/mol. The van der Waals surface area contributed by atoms with Gasteiger partial charge in [0.2, 0.25) is 0 Å². The molecule has 2 aromatic rings. The number of hydrogen-bond donors (Lipinski definition) is 1. The molecule has 2 rings (SSSR count). The van der Waals surface area contributed by atoms with Gasteiger partial charge in [0.05, 0.1) is 11.3 Å². The van der Waals surface area contributed by atoms with E-state index >= 15 is 0 Å². The Morgan fingerprint density at radius 2 is 2.09 bits per heavy atom. The number of aryl methyl sites for hydroxylation is 1. The van der Waals surface area contributed by atoms with Crippen molar-refractivity contribution in [1.29, 1.82) is 0 Å². The molecule has 0 saturated heterocycles. The zero-order valence-corrected chi connectivity index (χ0v) is 15.4. The average molecular weight is 376 g/mol. The van der Waals surface area contributed by atoms with Crippen LogP contribution in [-0.2, 0) is 0 Å². The van der Waals surface area contributed by atoms with Gasteiger partial charge in [0.25, 0.3) is 5.91 Å². The molecule has 5 heteroatoms. The Morgan fingerprint density at radius 1 is 1.30 bits per heavy atom. The van der Waals surface area contributed by atoms with E-state index in [1.54, 1.807) is 11.1 Å². The first-order valence-electron chi connectivity index (χ1n) is 7.76. The number of hydrogen-bond acceptors (Lipinski definition) is 3. The third-order valence-corrected chi connectivity index (χ3v) is 4.25. The van der Waals surface area contributed by atoms with Crippen molar-refractivity contribution in [3.05, 3.63) is 52.1 Å². The van der Waals surface area contributed by atoms with Gasteiger partial charge in [-0.1, -0.05) is 19.4 Å². The second-order valence-electron chi connectivity index (χ2n) is 5.62. The second kappa shape index (κ2) is 8.11. The SMILES string of the molecule is CCCCN(C)C(=O)c1ccc(Nc2ccc(C)cc2Br)nc1. The summed E-state index contributed by atoms with van der Waals surface area (Å²) in [5.74, 6) is 0.719. The van der Waals surface area contributed by atoms with Crippen LogP contribution in [0.2, 0.25) is 0 Å². The van der Waals surface area contributed by atoms with Gasteiger partial charge in [-0.05, 0) is 59.1 Å². The van der Waals surface area contributed by atoms with Gasteiger partial charge in [-0.25, -0.2) is 4.98 Å². The molecule has 122 valence electrons. The fourth-order valence-corrected chi connectivity index (χ4v) is 2.76. The average Bonchev–Trinajstić information content (AvgIpc) is 2.55. The van der Waals surface area contributed by atoms with Crippen LogP contribution in [0.15, 0.2) is 41.0 Å². The van der Waals surface area contributed by atoms with E-state index in [4.69, 9.17) is 0 Å². The van der Waals surface area contributed by atoms with E-state index in [0.29, 0.717) is 11.4 Å². The number of halogens is 1. The molecule has 0 aliphatic heterocycles. The van der Waals surface area contributed by atoms with Crippen LogP contribution in [-0.4, -0.2) is 29.4 Å². The highest BCUT2D eigenvalue weighted by Crippen LogP contribution is 2.26. The predicted octanol–water partition coefficient (Wildman–Crippen LogP) is 4.77. The minimum absolute atomic E-state index is 0.00835. The maximum absolute atomic E-state index is 12.3. The third-order valence-electron chi connectivity index (χ3n) is 3.59. The van der Waals surface area contributed by atoms with Gasteiger partial charge >= 0.3 is 0 Å². The maximum atomic E-state index is 12.3. The molecular formula is C18H22BrN3O. The van der Waals surface area contributed by atoms with E-state index in [1.165, 1.54) is 5.56 Å². The van der Waals surface area contributed by atoms with Crippen molar-refractivity contribution in [3.8, 4) is 0 Å². The summed E-state index contributed by atoms with van der Waals surface area (Å²) in [7, 11) is 1.83. The molecule has 0 unspecified atom stereocenters. The van der Waals surface area contributed by atoms with E-state index in [9.17, 15) is 4.79 Å². The first kappa shape index (κ1) is 17.5. The van der Waals surface area contributed by atoms with Gasteiger partial charge in [-0.15, -0.1) is 0 Å². The molecule has 1 N–H and O–H groups in total. The van der Waals surface area contributed by atoms with Crippen LogP contribution < -0.4 is 5.32 Å². The Bertz CT molecular complexity index is 670. The lowest BCUT2D eigenvalue weighted by molar-refractivity contribution is 0.0793. The lowest BCUT2D eigenvalue weighted by Gasteiger charge is -2.16. The standard InChI is InChI=1S/C18H22BrN3O/c1-4-5-10-22(3)18(23)14-7-9-17(20-12-14)21-16-8-6-13(2)11-15(16)19/h6-9,11-12H,4-5,10H2,1-3H3,(H,20,21). The fraction of sp³-hybridized carbons (Fsp3) is 0.333. The maximum Gasteiger partial charge on any atom is 0.255 e. The molecule has 1 aromatic carbocycles. The topological polar surface area (TPSA) is 45.2 Å². The Labute approximate surface area is 146 Å². The number of rotatable bonds is 6. The van der Waals surface area contributed by atoms with Gasteiger partial charge < -0.3 is 10.2 Å². The number of carbonyl (C=O) groups is 1. The van der Waals surface area contributed by atoms with Crippen molar-refractivity contribution in [3.63, 3.8) is 0 Å². The van der Waals surface area contributed by atoms with Crippen molar-refractivity contribution < 1.29 is 4.79 Å². The Balaban J connectivity index is 2.05. The van der Waals surface area contributed by atoms with E-state index < -0.39 is 0 Å². The van der Waals surface area contributed by atoms with Crippen LogP contribution in [0, 0.1) is 6.92 Å². The lowest BCUT2D eigenvalue weighted by atomic mass is 10.2. The summed E-state index contributed by atoms with van der Waals surface area (Å²) < 4.78 is 0.985. The first-order valence-corrected chi connectivity index (χ1v) is 8.55. The monoisotopic (exact) mass is 375 g/mol. The molecule has 0 atom stereocenters. The number of amides is 1. The molecule has 0 bridgehead atoms.